The summed E-state index contributed by atoms with van der Waals surface area (Å²) >= 11 is 8.73. The Labute approximate surface area is 229 Å². The Bertz CT molecular complexity index is 1250. The summed E-state index contributed by atoms with van der Waals surface area (Å²) in [6.07, 6.45) is 3.17. The standard InChI is InChI=1S/C26H27BrN4O5S/c1-4-12-35-21-11-10-17(13-19(21)27)14-28-31-22(32)15-36-20-9-7-6-8-18(20)24-23(25(33)34-5-2)16(3)29-26(37)30-24/h4,6-11,13-14,24H,1,5,12,15H2,2-3H3,(H,31,32)(H2,29,30,37)/t24-/m0/s1. The summed E-state index contributed by atoms with van der Waals surface area (Å²) in [5.41, 5.74) is 4.80. The van der Waals surface area contributed by atoms with Crippen LogP contribution in [-0.4, -0.2) is 43.0 Å². The van der Waals surface area contributed by atoms with Gasteiger partial charge in [-0.15, -0.1) is 0 Å². The molecule has 2 aromatic rings. The molecule has 0 saturated carbocycles. The topological polar surface area (TPSA) is 110 Å². The predicted molar refractivity (Wildman–Crippen MR) is 148 cm³/mol. The molecule has 0 saturated heterocycles. The summed E-state index contributed by atoms with van der Waals surface area (Å²) in [5, 5.41) is 10.4. The summed E-state index contributed by atoms with van der Waals surface area (Å²) in [5.74, 6) is 0.161. The molecule has 2 aromatic carbocycles. The first kappa shape index (κ1) is 27.9. The molecule has 1 atom stereocenters. The third-order valence-electron chi connectivity index (χ3n) is 5.07. The Kier molecular flexibility index (Phi) is 10.2. The zero-order valence-electron chi connectivity index (χ0n) is 20.4. The molecule has 194 valence electrons. The maximum absolute atomic E-state index is 12.7. The third kappa shape index (κ3) is 7.64. The van der Waals surface area contributed by atoms with Crippen molar-refractivity contribution >= 4 is 51.4 Å². The lowest BCUT2D eigenvalue weighted by Crippen LogP contribution is -2.45. The van der Waals surface area contributed by atoms with Crippen LogP contribution < -0.4 is 25.5 Å². The molecule has 0 radical (unpaired) electrons. The maximum Gasteiger partial charge on any atom is 0.338 e. The number of thiocarbonyl (C=S) groups is 1. The van der Waals surface area contributed by atoms with Gasteiger partial charge in [0, 0.05) is 11.3 Å². The monoisotopic (exact) mass is 586 g/mol. The molecular formula is C26H27BrN4O5S. The van der Waals surface area contributed by atoms with E-state index >= 15 is 0 Å². The van der Waals surface area contributed by atoms with Crippen LogP contribution in [0.1, 0.15) is 31.0 Å². The molecule has 37 heavy (non-hydrogen) atoms. The molecule has 3 rings (SSSR count). The number of carbonyl (C=O) groups is 2. The van der Waals surface area contributed by atoms with Crippen molar-refractivity contribution in [3.63, 3.8) is 0 Å². The van der Waals surface area contributed by atoms with E-state index in [0.717, 1.165) is 10.0 Å². The number of hydrogen-bond acceptors (Lipinski definition) is 7. The zero-order chi connectivity index (χ0) is 26.8. The summed E-state index contributed by atoms with van der Waals surface area (Å²) in [6.45, 7) is 7.45. The Morgan fingerprint density at radius 2 is 2.00 bits per heavy atom. The summed E-state index contributed by atoms with van der Waals surface area (Å²) in [6, 6.07) is 11.9. The number of ether oxygens (including phenoxy) is 3. The van der Waals surface area contributed by atoms with E-state index in [2.05, 4.69) is 43.7 Å². The zero-order valence-corrected chi connectivity index (χ0v) is 22.8. The second kappa shape index (κ2) is 13.6. The van der Waals surface area contributed by atoms with Gasteiger partial charge in [-0.1, -0.05) is 30.9 Å². The highest BCUT2D eigenvalue weighted by Crippen LogP contribution is 2.33. The van der Waals surface area contributed by atoms with E-state index in [1.165, 1.54) is 6.21 Å². The number of hydrogen-bond donors (Lipinski definition) is 3. The molecule has 0 fully saturated rings. The fourth-order valence-corrected chi connectivity index (χ4v) is 4.26. The van der Waals surface area contributed by atoms with Gasteiger partial charge in [0.2, 0.25) is 0 Å². The number of halogens is 1. The lowest BCUT2D eigenvalue weighted by molar-refractivity contribution is -0.139. The van der Waals surface area contributed by atoms with E-state index in [0.29, 0.717) is 40.1 Å². The molecule has 1 heterocycles. The van der Waals surface area contributed by atoms with E-state index in [4.69, 9.17) is 26.4 Å². The Morgan fingerprint density at radius 1 is 1.22 bits per heavy atom. The van der Waals surface area contributed by atoms with Crippen LogP contribution in [0.25, 0.3) is 0 Å². The van der Waals surface area contributed by atoms with Crippen molar-refractivity contribution in [2.24, 2.45) is 5.10 Å². The normalized spacial score (nSPS) is 15.0. The molecule has 3 N–H and O–H groups in total. The minimum atomic E-state index is -0.609. The number of para-hydroxylation sites is 1. The molecule has 1 amide bonds. The average Bonchev–Trinajstić information content (AvgIpc) is 2.87. The Hall–Kier alpha value is -3.70. The van der Waals surface area contributed by atoms with Crippen LogP contribution in [0.2, 0.25) is 0 Å². The van der Waals surface area contributed by atoms with Crippen LogP contribution in [0, 0.1) is 0 Å². The van der Waals surface area contributed by atoms with Gasteiger partial charge >= 0.3 is 5.97 Å². The molecule has 0 bridgehead atoms. The highest BCUT2D eigenvalue weighted by Gasteiger charge is 2.32. The minimum absolute atomic E-state index is 0.232. The van der Waals surface area contributed by atoms with Crippen LogP contribution in [0.4, 0.5) is 0 Å². The molecular weight excluding hydrogens is 560 g/mol. The fraction of sp³-hybridized carbons (Fsp3) is 0.231. The summed E-state index contributed by atoms with van der Waals surface area (Å²) < 4.78 is 17.3. The Morgan fingerprint density at radius 3 is 2.73 bits per heavy atom. The second-order valence-electron chi connectivity index (χ2n) is 7.70. The number of nitrogens with zero attached hydrogens (tertiary/aromatic N) is 1. The molecule has 11 heteroatoms. The summed E-state index contributed by atoms with van der Waals surface area (Å²) in [4.78, 5) is 25.0. The van der Waals surface area contributed by atoms with E-state index in [9.17, 15) is 9.59 Å². The van der Waals surface area contributed by atoms with E-state index in [1.54, 1.807) is 50.3 Å². The second-order valence-corrected chi connectivity index (χ2v) is 8.96. The molecule has 0 aliphatic carbocycles. The van der Waals surface area contributed by atoms with Crippen molar-refractivity contribution in [1.29, 1.82) is 0 Å². The van der Waals surface area contributed by atoms with Gasteiger partial charge in [0.25, 0.3) is 5.91 Å². The number of esters is 1. The maximum atomic E-state index is 12.7. The van der Waals surface area contributed by atoms with Gasteiger partial charge in [-0.05, 0) is 71.8 Å². The summed E-state index contributed by atoms with van der Waals surface area (Å²) in [7, 11) is 0. The van der Waals surface area contributed by atoms with Gasteiger partial charge in [-0.3, -0.25) is 4.79 Å². The van der Waals surface area contributed by atoms with Gasteiger partial charge in [-0.25, -0.2) is 10.2 Å². The highest BCUT2D eigenvalue weighted by atomic mass is 79.9. The number of hydrazone groups is 1. The quantitative estimate of drug-likeness (QED) is 0.119. The fourth-order valence-electron chi connectivity index (χ4n) is 3.47. The number of allylic oxidation sites excluding steroid dienone is 1. The molecule has 0 spiro atoms. The molecule has 1 aliphatic heterocycles. The van der Waals surface area contributed by atoms with E-state index < -0.39 is 17.9 Å². The van der Waals surface area contributed by atoms with Crippen LogP contribution in [0.3, 0.4) is 0 Å². The van der Waals surface area contributed by atoms with Gasteiger partial charge in [0.1, 0.15) is 18.1 Å². The lowest BCUT2D eigenvalue weighted by Gasteiger charge is -2.30. The number of nitrogens with one attached hydrogen (secondary N) is 3. The number of amides is 1. The van der Waals surface area contributed by atoms with E-state index in [-0.39, 0.29) is 13.2 Å². The van der Waals surface area contributed by atoms with Gasteiger partial charge in [-0.2, -0.15) is 5.10 Å². The van der Waals surface area contributed by atoms with Crippen molar-refractivity contribution < 1.29 is 23.8 Å². The average molecular weight is 587 g/mol. The SMILES string of the molecule is C=CCOc1ccc(C=NNC(=O)COc2ccccc2[C@@H]2NC(=S)NC(C)=C2C(=O)OCC)cc1Br. The molecule has 0 aromatic heterocycles. The smallest absolute Gasteiger partial charge is 0.338 e. The number of carbonyl (C=O) groups excluding carboxylic acids is 2. The van der Waals surface area contributed by atoms with Crippen LogP contribution in [0.5, 0.6) is 11.5 Å². The Balaban J connectivity index is 1.66. The van der Waals surface area contributed by atoms with Crippen molar-refractivity contribution in [1.82, 2.24) is 16.1 Å². The highest BCUT2D eigenvalue weighted by molar-refractivity contribution is 9.10. The number of benzene rings is 2. The van der Waals surface area contributed by atoms with Gasteiger partial charge in [0.15, 0.2) is 11.7 Å². The first-order valence-corrected chi connectivity index (χ1v) is 12.6. The third-order valence-corrected chi connectivity index (χ3v) is 5.91. The van der Waals surface area contributed by atoms with Crippen LogP contribution in [0.15, 0.2) is 76.0 Å². The van der Waals surface area contributed by atoms with E-state index in [1.807, 2.05) is 12.1 Å². The van der Waals surface area contributed by atoms with Gasteiger partial charge in [0.05, 0.1) is 28.9 Å². The first-order chi connectivity index (χ1) is 17.8. The first-order valence-electron chi connectivity index (χ1n) is 11.4. The van der Waals surface area contributed by atoms with Crippen molar-refractivity contribution in [3.8, 4) is 11.5 Å². The van der Waals surface area contributed by atoms with Crippen molar-refractivity contribution in [2.75, 3.05) is 19.8 Å². The minimum Gasteiger partial charge on any atom is -0.488 e. The number of rotatable bonds is 11. The predicted octanol–water partition coefficient (Wildman–Crippen LogP) is 3.90. The largest absolute Gasteiger partial charge is 0.488 e. The lowest BCUT2D eigenvalue weighted by atomic mass is 9.95. The van der Waals surface area contributed by atoms with Crippen molar-refractivity contribution in [2.45, 2.75) is 19.9 Å². The van der Waals surface area contributed by atoms with Crippen LogP contribution in [-0.2, 0) is 14.3 Å². The molecule has 0 unspecified atom stereocenters. The van der Waals surface area contributed by atoms with Crippen molar-refractivity contribution in [3.05, 3.63) is 82.0 Å². The molecule has 9 nitrogen and oxygen atoms in total. The molecule has 1 aliphatic rings. The van der Waals surface area contributed by atoms with Gasteiger partial charge < -0.3 is 24.8 Å². The van der Waals surface area contributed by atoms with Crippen LogP contribution >= 0.6 is 28.1 Å².